The molecule has 0 unspecified atom stereocenters. The molecule has 2 atom stereocenters. The second-order valence-electron chi connectivity index (χ2n) is 6.07. The first-order valence-electron chi connectivity index (χ1n) is 7.91. The van der Waals surface area contributed by atoms with Crippen LogP contribution in [-0.4, -0.2) is 47.9 Å². The summed E-state index contributed by atoms with van der Waals surface area (Å²) in [7, 11) is 0. The van der Waals surface area contributed by atoms with Crippen molar-refractivity contribution in [2.45, 2.75) is 26.1 Å². The monoisotopic (exact) mass is 346 g/mol. The molecule has 0 bridgehead atoms. The Kier molecular flexibility index (Phi) is 3.90. The number of morpholine rings is 1. The number of hydrogen-bond donors (Lipinski definition) is 0. The molecule has 1 saturated heterocycles. The van der Waals surface area contributed by atoms with Gasteiger partial charge in [-0.2, -0.15) is 0 Å². The first-order chi connectivity index (χ1) is 11.6. The molecule has 1 aromatic heterocycles. The fourth-order valence-electron chi connectivity index (χ4n) is 3.04. The van der Waals surface area contributed by atoms with E-state index in [9.17, 15) is 4.79 Å². The van der Waals surface area contributed by atoms with Crippen LogP contribution in [-0.2, 0) is 4.74 Å². The Morgan fingerprint density at radius 2 is 1.96 bits per heavy atom. The van der Waals surface area contributed by atoms with Crippen molar-refractivity contribution < 1.29 is 19.0 Å². The van der Waals surface area contributed by atoms with E-state index in [-0.39, 0.29) is 24.9 Å². The highest BCUT2D eigenvalue weighted by molar-refractivity contribution is 7.16. The number of hydrogen-bond acceptors (Lipinski definition) is 6. The molecule has 1 amide bonds. The summed E-state index contributed by atoms with van der Waals surface area (Å²) in [5, 5.41) is 0.797. The Morgan fingerprint density at radius 1 is 1.21 bits per heavy atom. The normalized spacial score (nSPS) is 22.7. The molecule has 0 radical (unpaired) electrons. The van der Waals surface area contributed by atoms with Crippen LogP contribution < -0.4 is 9.47 Å². The van der Waals surface area contributed by atoms with Gasteiger partial charge in [0.25, 0.3) is 5.91 Å². The van der Waals surface area contributed by atoms with Gasteiger partial charge in [-0.1, -0.05) is 0 Å². The molecule has 24 heavy (non-hydrogen) atoms. The second kappa shape index (κ2) is 6.07. The molecule has 1 fully saturated rings. The quantitative estimate of drug-likeness (QED) is 0.837. The Bertz CT molecular complexity index is 766. The summed E-state index contributed by atoms with van der Waals surface area (Å²) >= 11 is 1.40. The predicted molar refractivity (Wildman–Crippen MR) is 89.6 cm³/mol. The average molecular weight is 346 g/mol. The lowest BCUT2D eigenvalue weighted by molar-refractivity contribution is -0.0585. The average Bonchev–Trinajstić information content (AvgIpc) is 3.21. The minimum absolute atomic E-state index is 0.0153. The highest BCUT2D eigenvalue weighted by Crippen LogP contribution is 2.37. The highest BCUT2D eigenvalue weighted by atomic mass is 32.1. The van der Waals surface area contributed by atoms with Gasteiger partial charge in [-0.25, -0.2) is 4.98 Å². The van der Waals surface area contributed by atoms with Crippen LogP contribution in [0.3, 0.4) is 0 Å². The van der Waals surface area contributed by atoms with Crippen LogP contribution in [0.1, 0.15) is 23.5 Å². The van der Waals surface area contributed by atoms with Gasteiger partial charge in [0.1, 0.15) is 9.88 Å². The molecule has 0 spiro atoms. The van der Waals surface area contributed by atoms with E-state index in [2.05, 4.69) is 4.98 Å². The molecule has 3 heterocycles. The Hall–Kier alpha value is -2.12. The van der Waals surface area contributed by atoms with Crippen molar-refractivity contribution >= 4 is 17.2 Å². The molecule has 2 aliphatic rings. The number of rotatable bonds is 2. The Balaban J connectivity index is 1.55. The lowest BCUT2D eigenvalue weighted by Gasteiger charge is -2.35. The molecule has 126 valence electrons. The van der Waals surface area contributed by atoms with E-state index in [1.165, 1.54) is 11.3 Å². The predicted octanol–water partition coefficient (Wildman–Crippen LogP) is 2.79. The number of thiazole rings is 1. The number of benzene rings is 1. The summed E-state index contributed by atoms with van der Waals surface area (Å²) in [5.41, 5.74) is 0.923. The topological polar surface area (TPSA) is 60.9 Å². The van der Waals surface area contributed by atoms with Crippen LogP contribution in [0.4, 0.5) is 0 Å². The summed E-state index contributed by atoms with van der Waals surface area (Å²) in [6.45, 7) is 5.44. The molecule has 0 aliphatic carbocycles. The van der Waals surface area contributed by atoms with Crippen molar-refractivity contribution in [1.82, 2.24) is 9.88 Å². The molecule has 0 saturated carbocycles. The first kappa shape index (κ1) is 15.4. The number of fused-ring (bicyclic) bond motifs is 1. The van der Waals surface area contributed by atoms with E-state index in [0.717, 1.165) is 16.3 Å². The fraction of sp³-hybridized carbons (Fsp3) is 0.412. The van der Waals surface area contributed by atoms with Gasteiger partial charge in [-0.3, -0.25) is 4.79 Å². The highest BCUT2D eigenvalue weighted by Gasteiger charge is 2.28. The Labute approximate surface area is 144 Å². The number of ether oxygens (including phenoxy) is 3. The van der Waals surface area contributed by atoms with Gasteiger partial charge >= 0.3 is 0 Å². The van der Waals surface area contributed by atoms with E-state index in [4.69, 9.17) is 14.2 Å². The van der Waals surface area contributed by atoms with Gasteiger partial charge in [-0.05, 0) is 32.0 Å². The number of aromatic nitrogens is 1. The summed E-state index contributed by atoms with van der Waals surface area (Å²) in [4.78, 5) is 19.6. The SMILES string of the molecule is C[C@@H]1CN(C(=O)c2cnc(-c3ccc4c(c3)OCO4)s2)C[C@H](C)O1. The molecule has 6 nitrogen and oxygen atoms in total. The third kappa shape index (κ3) is 2.85. The summed E-state index contributed by atoms with van der Waals surface area (Å²) < 4.78 is 16.4. The van der Waals surface area contributed by atoms with Crippen LogP contribution >= 0.6 is 11.3 Å². The lowest BCUT2D eigenvalue weighted by Crippen LogP contribution is -2.48. The van der Waals surface area contributed by atoms with E-state index >= 15 is 0 Å². The van der Waals surface area contributed by atoms with Crippen molar-refractivity contribution in [3.05, 3.63) is 29.3 Å². The molecule has 0 N–H and O–H groups in total. The minimum atomic E-state index is 0.0153. The smallest absolute Gasteiger partial charge is 0.265 e. The zero-order chi connectivity index (χ0) is 16.7. The number of nitrogens with zero attached hydrogens (tertiary/aromatic N) is 2. The Morgan fingerprint density at radius 3 is 2.75 bits per heavy atom. The maximum Gasteiger partial charge on any atom is 0.265 e. The van der Waals surface area contributed by atoms with Crippen molar-refractivity contribution in [1.29, 1.82) is 0 Å². The van der Waals surface area contributed by atoms with E-state index in [0.29, 0.717) is 23.7 Å². The van der Waals surface area contributed by atoms with Crippen LogP contribution in [0.15, 0.2) is 24.4 Å². The van der Waals surface area contributed by atoms with Crippen LogP contribution in [0.2, 0.25) is 0 Å². The van der Waals surface area contributed by atoms with Crippen molar-refractivity contribution in [2.24, 2.45) is 0 Å². The van der Waals surface area contributed by atoms with Crippen molar-refractivity contribution in [2.75, 3.05) is 19.9 Å². The van der Waals surface area contributed by atoms with Gasteiger partial charge in [0.15, 0.2) is 11.5 Å². The molecule has 4 rings (SSSR count). The number of amides is 1. The first-order valence-corrected chi connectivity index (χ1v) is 8.72. The van der Waals surface area contributed by atoms with Gasteiger partial charge in [0.05, 0.1) is 18.4 Å². The van der Waals surface area contributed by atoms with E-state index < -0.39 is 0 Å². The molecule has 2 aromatic rings. The van der Waals surface area contributed by atoms with Crippen LogP contribution in [0.25, 0.3) is 10.6 Å². The number of carbonyl (C=O) groups excluding carboxylic acids is 1. The third-order valence-electron chi connectivity index (χ3n) is 4.04. The third-order valence-corrected chi connectivity index (χ3v) is 5.08. The van der Waals surface area contributed by atoms with Crippen LogP contribution in [0, 0.1) is 0 Å². The fourth-order valence-corrected chi connectivity index (χ4v) is 3.92. The van der Waals surface area contributed by atoms with Crippen molar-refractivity contribution in [3.63, 3.8) is 0 Å². The van der Waals surface area contributed by atoms with E-state index in [1.807, 2.05) is 36.9 Å². The maximum absolute atomic E-state index is 12.7. The standard InChI is InChI=1S/C17H18N2O4S/c1-10-7-19(8-11(2)23-10)17(20)15-6-18-16(24-15)12-3-4-13-14(5-12)22-9-21-13/h3-6,10-11H,7-9H2,1-2H3/t10-,11+. The van der Waals surface area contributed by atoms with Gasteiger partial charge in [0.2, 0.25) is 6.79 Å². The second-order valence-corrected chi connectivity index (χ2v) is 7.10. The summed E-state index contributed by atoms with van der Waals surface area (Å²) in [6.07, 6.45) is 1.76. The maximum atomic E-state index is 12.7. The van der Waals surface area contributed by atoms with Crippen molar-refractivity contribution in [3.8, 4) is 22.1 Å². The minimum Gasteiger partial charge on any atom is -0.454 e. The van der Waals surface area contributed by atoms with E-state index in [1.54, 1.807) is 6.20 Å². The molecular weight excluding hydrogens is 328 g/mol. The molecule has 1 aromatic carbocycles. The summed E-state index contributed by atoms with van der Waals surface area (Å²) in [5.74, 6) is 1.47. The van der Waals surface area contributed by atoms with Gasteiger partial charge < -0.3 is 19.1 Å². The molecule has 2 aliphatic heterocycles. The molecule has 7 heteroatoms. The van der Waals surface area contributed by atoms with Gasteiger partial charge in [-0.15, -0.1) is 11.3 Å². The lowest BCUT2D eigenvalue weighted by atomic mass is 10.2. The summed E-state index contributed by atoms with van der Waals surface area (Å²) in [6, 6.07) is 5.69. The zero-order valence-electron chi connectivity index (χ0n) is 13.5. The zero-order valence-corrected chi connectivity index (χ0v) is 14.3. The van der Waals surface area contributed by atoms with Crippen LogP contribution in [0.5, 0.6) is 11.5 Å². The van der Waals surface area contributed by atoms with Gasteiger partial charge in [0, 0.05) is 18.7 Å². The molecular formula is C17H18N2O4S. The largest absolute Gasteiger partial charge is 0.454 e. The number of carbonyl (C=O) groups is 1.